The molecule has 5 heteroatoms. The van der Waals surface area contributed by atoms with Gasteiger partial charge in [0.1, 0.15) is 0 Å². The van der Waals surface area contributed by atoms with Crippen molar-refractivity contribution in [2.45, 2.75) is 12.3 Å². The highest BCUT2D eigenvalue weighted by molar-refractivity contribution is 5.76. The monoisotopic (exact) mass is 280 g/mol. The summed E-state index contributed by atoms with van der Waals surface area (Å²) in [5, 5.41) is 0. The standard InChI is InChI=1S/C15H11F3O2/c16-15(17,18)14(19)20-13(11-7-3-1-4-8-11)12-9-5-2-6-10-12/h1-10,13H. The van der Waals surface area contributed by atoms with Crippen LogP contribution in [0.1, 0.15) is 17.2 Å². The molecule has 0 spiro atoms. The Labute approximate surface area is 113 Å². The van der Waals surface area contributed by atoms with Crippen LogP contribution in [0.5, 0.6) is 0 Å². The van der Waals surface area contributed by atoms with Gasteiger partial charge in [0, 0.05) is 0 Å². The Morgan fingerprint density at radius 2 is 1.25 bits per heavy atom. The van der Waals surface area contributed by atoms with Gasteiger partial charge in [0.25, 0.3) is 0 Å². The van der Waals surface area contributed by atoms with Gasteiger partial charge in [-0.1, -0.05) is 60.7 Å². The highest BCUT2D eigenvalue weighted by Gasteiger charge is 2.42. The molecular weight excluding hydrogens is 269 g/mol. The molecule has 0 aliphatic heterocycles. The first kappa shape index (κ1) is 14.1. The molecule has 104 valence electrons. The van der Waals surface area contributed by atoms with Crippen LogP contribution in [0.15, 0.2) is 60.7 Å². The smallest absolute Gasteiger partial charge is 0.446 e. The Hall–Kier alpha value is -2.30. The van der Waals surface area contributed by atoms with E-state index in [0.717, 1.165) is 0 Å². The van der Waals surface area contributed by atoms with Gasteiger partial charge in [-0.25, -0.2) is 4.79 Å². The second-order valence-corrected chi connectivity index (χ2v) is 4.10. The van der Waals surface area contributed by atoms with E-state index in [1.54, 1.807) is 60.7 Å². The predicted octanol–water partition coefficient (Wildman–Crippen LogP) is 3.88. The van der Waals surface area contributed by atoms with Crippen LogP contribution in [-0.4, -0.2) is 12.1 Å². The Balaban J connectivity index is 2.34. The third-order valence-electron chi connectivity index (χ3n) is 2.66. The first-order chi connectivity index (χ1) is 9.48. The van der Waals surface area contributed by atoms with E-state index < -0.39 is 18.2 Å². The van der Waals surface area contributed by atoms with Crippen molar-refractivity contribution in [3.8, 4) is 0 Å². The van der Waals surface area contributed by atoms with Crippen LogP contribution in [0, 0.1) is 0 Å². The SMILES string of the molecule is O=C(OC(c1ccccc1)c1ccccc1)C(F)(F)F. The Morgan fingerprint density at radius 3 is 1.60 bits per heavy atom. The normalized spacial score (nSPS) is 11.4. The van der Waals surface area contributed by atoms with E-state index in [2.05, 4.69) is 4.74 Å². The molecule has 0 aromatic heterocycles. The minimum Gasteiger partial charge on any atom is -0.446 e. The summed E-state index contributed by atoms with van der Waals surface area (Å²) in [5.74, 6) is -2.20. The minimum atomic E-state index is -5.01. The summed E-state index contributed by atoms with van der Waals surface area (Å²) >= 11 is 0. The van der Waals surface area contributed by atoms with Crippen molar-refractivity contribution in [2.24, 2.45) is 0 Å². The van der Waals surface area contributed by atoms with E-state index in [1.165, 1.54) is 0 Å². The lowest BCUT2D eigenvalue weighted by Gasteiger charge is -2.19. The molecule has 0 aliphatic carbocycles. The van der Waals surface area contributed by atoms with Crippen molar-refractivity contribution < 1.29 is 22.7 Å². The average Bonchev–Trinajstić information content (AvgIpc) is 2.45. The third-order valence-corrected chi connectivity index (χ3v) is 2.66. The maximum absolute atomic E-state index is 12.4. The molecule has 0 N–H and O–H groups in total. The van der Waals surface area contributed by atoms with Crippen LogP contribution < -0.4 is 0 Å². The van der Waals surface area contributed by atoms with E-state index in [1.807, 2.05) is 0 Å². The van der Waals surface area contributed by atoms with Gasteiger partial charge in [-0.3, -0.25) is 0 Å². The lowest BCUT2D eigenvalue weighted by atomic mass is 10.0. The topological polar surface area (TPSA) is 26.3 Å². The predicted molar refractivity (Wildman–Crippen MR) is 66.9 cm³/mol. The number of halogens is 3. The van der Waals surface area contributed by atoms with Crippen LogP contribution in [0.4, 0.5) is 13.2 Å². The van der Waals surface area contributed by atoms with Gasteiger partial charge in [0.15, 0.2) is 6.10 Å². The molecule has 0 atom stereocenters. The number of hydrogen-bond acceptors (Lipinski definition) is 2. The van der Waals surface area contributed by atoms with E-state index in [-0.39, 0.29) is 0 Å². The van der Waals surface area contributed by atoms with Crippen molar-refractivity contribution in [3.05, 3.63) is 71.8 Å². The second-order valence-electron chi connectivity index (χ2n) is 4.10. The third kappa shape index (κ3) is 3.38. The number of esters is 1. The maximum atomic E-state index is 12.4. The van der Waals surface area contributed by atoms with Crippen molar-refractivity contribution in [1.82, 2.24) is 0 Å². The zero-order valence-corrected chi connectivity index (χ0v) is 10.3. The first-order valence-electron chi connectivity index (χ1n) is 5.86. The molecule has 0 radical (unpaired) electrons. The number of carbonyl (C=O) groups excluding carboxylic acids is 1. The molecule has 0 saturated heterocycles. The van der Waals surface area contributed by atoms with Gasteiger partial charge in [0.2, 0.25) is 0 Å². The van der Waals surface area contributed by atoms with Crippen LogP contribution in [0.25, 0.3) is 0 Å². The molecule has 0 heterocycles. The summed E-state index contributed by atoms with van der Waals surface area (Å²) in [5.41, 5.74) is 0.965. The summed E-state index contributed by atoms with van der Waals surface area (Å²) < 4.78 is 41.7. The number of alkyl halides is 3. The molecule has 20 heavy (non-hydrogen) atoms. The zero-order chi connectivity index (χ0) is 14.6. The quantitative estimate of drug-likeness (QED) is 0.797. The molecule has 0 bridgehead atoms. The molecule has 0 aliphatic rings. The van der Waals surface area contributed by atoms with Gasteiger partial charge in [-0.15, -0.1) is 0 Å². The summed E-state index contributed by atoms with van der Waals surface area (Å²) in [4.78, 5) is 11.1. The van der Waals surface area contributed by atoms with Gasteiger partial charge < -0.3 is 4.74 Å². The molecule has 2 aromatic rings. The van der Waals surface area contributed by atoms with Gasteiger partial charge in [0.05, 0.1) is 0 Å². The van der Waals surface area contributed by atoms with E-state index >= 15 is 0 Å². The summed E-state index contributed by atoms with van der Waals surface area (Å²) in [6.45, 7) is 0. The summed E-state index contributed by atoms with van der Waals surface area (Å²) in [6, 6.07) is 16.6. The molecule has 2 nitrogen and oxygen atoms in total. The van der Waals surface area contributed by atoms with Crippen molar-refractivity contribution in [2.75, 3.05) is 0 Å². The van der Waals surface area contributed by atoms with Crippen molar-refractivity contribution >= 4 is 5.97 Å². The van der Waals surface area contributed by atoms with Crippen LogP contribution >= 0.6 is 0 Å². The molecule has 2 aromatic carbocycles. The fourth-order valence-corrected chi connectivity index (χ4v) is 1.76. The maximum Gasteiger partial charge on any atom is 0.490 e. The molecule has 0 unspecified atom stereocenters. The molecule has 0 fully saturated rings. The van der Waals surface area contributed by atoms with Gasteiger partial charge in [-0.05, 0) is 11.1 Å². The van der Waals surface area contributed by atoms with Gasteiger partial charge >= 0.3 is 12.1 Å². The highest BCUT2D eigenvalue weighted by Crippen LogP contribution is 2.29. The zero-order valence-electron chi connectivity index (χ0n) is 10.3. The molecule has 0 amide bonds. The number of rotatable bonds is 3. The van der Waals surface area contributed by atoms with Crippen LogP contribution in [0.2, 0.25) is 0 Å². The lowest BCUT2D eigenvalue weighted by Crippen LogP contribution is -2.27. The highest BCUT2D eigenvalue weighted by atomic mass is 19.4. The lowest BCUT2D eigenvalue weighted by molar-refractivity contribution is -0.203. The molecule has 0 saturated carbocycles. The van der Waals surface area contributed by atoms with Gasteiger partial charge in [-0.2, -0.15) is 13.2 Å². The Kier molecular flexibility index (Phi) is 4.08. The summed E-state index contributed by atoms with van der Waals surface area (Å²) in [7, 11) is 0. The first-order valence-corrected chi connectivity index (χ1v) is 5.86. The van der Waals surface area contributed by atoms with E-state index in [4.69, 9.17) is 0 Å². The number of carbonyl (C=O) groups is 1. The minimum absolute atomic E-state index is 0.483. The van der Waals surface area contributed by atoms with E-state index in [9.17, 15) is 18.0 Å². The molecular formula is C15H11F3O2. The number of hydrogen-bond donors (Lipinski definition) is 0. The fraction of sp³-hybridized carbons (Fsp3) is 0.133. The number of benzene rings is 2. The fourth-order valence-electron chi connectivity index (χ4n) is 1.76. The summed E-state index contributed by atoms with van der Waals surface area (Å²) in [6.07, 6.45) is -6.09. The number of ether oxygens (including phenoxy) is 1. The molecule has 2 rings (SSSR count). The van der Waals surface area contributed by atoms with Crippen LogP contribution in [-0.2, 0) is 9.53 Å². The Morgan fingerprint density at radius 1 is 0.850 bits per heavy atom. The van der Waals surface area contributed by atoms with Crippen molar-refractivity contribution in [1.29, 1.82) is 0 Å². The second kappa shape index (κ2) is 5.77. The van der Waals surface area contributed by atoms with Crippen LogP contribution in [0.3, 0.4) is 0 Å². The average molecular weight is 280 g/mol. The Bertz CT molecular complexity index is 525. The largest absolute Gasteiger partial charge is 0.490 e. The van der Waals surface area contributed by atoms with Crippen molar-refractivity contribution in [3.63, 3.8) is 0 Å². The van der Waals surface area contributed by atoms with E-state index in [0.29, 0.717) is 11.1 Å².